The Morgan fingerprint density at radius 3 is 2.53 bits per heavy atom. The van der Waals surface area contributed by atoms with Gasteiger partial charge in [-0.15, -0.1) is 0 Å². The lowest BCUT2D eigenvalue weighted by Crippen LogP contribution is -2.42. The van der Waals surface area contributed by atoms with Gasteiger partial charge < -0.3 is 4.43 Å². The van der Waals surface area contributed by atoms with Gasteiger partial charge in [0.25, 0.3) is 0 Å². The Morgan fingerprint density at radius 1 is 1.47 bits per heavy atom. The first-order valence-corrected chi connectivity index (χ1v) is 9.96. The highest BCUT2D eigenvalue weighted by molar-refractivity contribution is 9.10. The number of rotatable bonds is 3. The lowest BCUT2D eigenvalue weighted by Gasteiger charge is -2.37. The molecule has 0 saturated heterocycles. The van der Waals surface area contributed by atoms with Gasteiger partial charge in [-0.25, -0.2) is 0 Å². The second-order valence-electron chi connectivity index (χ2n) is 6.30. The van der Waals surface area contributed by atoms with E-state index < -0.39 is 8.32 Å². The molecule has 0 bridgehead atoms. The van der Waals surface area contributed by atoms with E-state index in [1.165, 1.54) is 0 Å². The van der Waals surface area contributed by atoms with Gasteiger partial charge in [0.2, 0.25) is 0 Å². The molecule has 0 aromatic rings. The average Bonchev–Trinajstić information content (AvgIpc) is 2.18. The van der Waals surface area contributed by atoms with Crippen molar-refractivity contribution in [3.05, 3.63) is 12.2 Å². The molecule has 0 aromatic heterocycles. The number of hydrogen-bond acceptors (Lipinski definition) is 2. The largest absolute Gasteiger partial charge is 0.416 e. The summed E-state index contributed by atoms with van der Waals surface area (Å²) in [6.07, 6.45) is 4.53. The number of carbonyl (C=O) groups is 1. The second-order valence-corrected chi connectivity index (χ2v) is 12.2. The summed E-state index contributed by atoms with van der Waals surface area (Å²) in [7, 11) is -1.66. The van der Waals surface area contributed by atoms with Crippen molar-refractivity contribution in [3.63, 3.8) is 0 Å². The molecule has 0 fully saturated rings. The predicted molar refractivity (Wildman–Crippen MR) is 78.1 cm³/mol. The van der Waals surface area contributed by atoms with Crippen LogP contribution in [0.15, 0.2) is 12.2 Å². The number of alkyl halides is 1. The summed E-state index contributed by atoms with van der Waals surface area (Å²) < 4.78 is 6.17. The van der Waals surface area contributed by atoms with Crippen molar-refractivity contribution in [3.8, 4) is 0 Å². The summed E-state index contributed by atoms with van der Waals surface area (Å²) in [4.78, 5) is 11.3. The van der Waals surface area contributed by atoms with Crippen LogP contribution in [0.25, 0.3) is 0 Å². The van der Waals surface area contributed by atoms with Crippen molar-refractivity contribution in [2.75, 3.05) is 6.61 Å². The Morgan fingerprint density at radius 2 is 2.06 bits per heavy atom. The highest BCUT2D eigenvalue weighted by Crippen LogP contribution is 2.37. The van der Waals surface area contributed by atoms with E-state index in [9.17, 15) is 4.79 Å². The lowest BCUT2D eigenvalue weighted by molar-refractivity contribution is -0.114. The van der Waals surface area contributed by atoms with Gasteiger partial charge in [-0.2, -0.15) is 0 Å². The maximum absolute atomic E-state index is 11.3. The van der Waals surface area contributed by atoms with Gasteiger partial charge in [-0.1, -0.05) is 42.8 Å². The van der Waals surface area contributed by atoms with Crippen LogP contribution >= 0.6 is 15.9 Å². The first-order chi connectivity index (χ1) is 7.63. The van der Waals surface area contributed by atoms with E-state index in [2.05, 4.69) is 49.8 Å². The summed E-state index contributed by atoms with van der Waals surface area (Å²) in [5, 5.41) is 0.245. The summed E-state index contributed by atoms with van der Waals surface area (Å²) >= 11 is 3.41. The van der Waals surface area contributed by atoms with Crippen LogP contribution in [0.2, 0.25) is 18.1 Å². The molecule has 1 aliphatic rings. The smallest absolute Gasteiger partial charge is 0.192 e. The fourth-order valence-corrected chi connectivity index (χ4v) is 3.15. The van der Waals surface area contributed by atoms with Gasteiger partial charge in [-0.3, -0.25) is 4.79 Å². The highest BCUT2D eigenvalue weighted by Gasteiger charge is 2.37. The van der Waals surface area contributed by atoms with Gasteiger partial charge >= 0.3 is 0 Å². The van der Waals surface area contributed by atoms with Crippen LogP contribution < -0.4 is 0 Å². The van der Waals surface area contributed by atoms with E-state index in [1.807, 2.05) is 6.08 Å². The zero-order valence-corrected chi connectivity index (χ0v) is 14.0. The molecule has 0 radical (unpaired) electrons. The molecule has 0 heterocycles. The Labute approximate surface area is 114 Å². The Bertz CT molecular complexity index is 318. The number of hydrogen-bond donors (Lipinski definition) is 0. The van der Waals surface area contributed by atoms with Crippen molar-refractivity contribution in [1.29, 1.82) is 0 Å². The monoisotopic (exact) mass is 318 g/mol. The zero-order valence-electron chi connectivity index (χ0n) is 11.4. The van der Waals surface area contributed by atoms with Crippen molar-refractivity contribution in [2.45, 2.75) is 50.2 Å². The minimum Gasteiger partial charge on any atom is -0.416 e. The Balaban J connectivity index is 2.53. The van der Waals surface area contributed by atoms with Crippen LogP contribution in [0, 0.1) is 5.92 Å². The molecule has 0 amide bonds. The highest BCUT2D eigenvalue weighted by atomic mass is 79.9. The predicted octanol–water partition coefficient (Wildman–Crippen LogP) is 3.92. The fraction of sp³-hybridized carbons (Fsp3) is 0.769. The summed E-state index contributed by atoms with van der Waals surface area (Å²) in [6.45, 7) is 12.0. The van der Waals surface area contributed by atoms with E-state index in [1.54, 1.807) is 6.08 Å². The third-order valence-electron chi connectivity index (χ3n) is 3.82. The fourth-order valence-electron chi connectivity index (χ4n) is 1.45. The van der Waals surface area contributed by atoms with E-state index in [-0.39, 0.29) is 15.6 Å². The zero-order chi connectivity index (χ0) is 13.3. The number of carbonyl (C=O) groups excluding carboxylic acids is 1. The molecule has 0 aliphatic heterocycles. The number of ketones is 1. The van der Waals surface area contributed by atoms with Crippen molar-refractivity contribution in [2.24, 2.45) is 5.92 Å². The number of allylic oxidation sites excluding steroid dienone is 1. The van der Waals surface area contributed by atoms with Crippen molar-refractivity contribution < 1.29 is 9.22 Å². The maximum atomic E-state index is 11.3. The molecule has 1 aliphatic carbocycles. The molecule has 0 spiro atoms. The molecule has 1 rings (SSSR count). The Hall–Kier alpha value is 0.0669. The molecular formula is C13H23BrO2Si. The van der Waals surface area contributed by atoms with Crippen LogP contribution in [0.4, 0.5) is 0 Å². The third-order valence-corrected chi connectivity index (χ3v) is 9.14. The molecule has 1 unspecified atom stereocenters. The molecule has 98 valence electrons. The van der Waals surface area contributed by atoms with Crippen LogP contribution in [0.1, 0.15) is 27.2 Å². The quantitative estimate of drug-likeness (QED) is 0.582. The summed E-state index contributed by atoms with van der Waals surface area (Å²) in [5.41, 5.74) is 0. The summed E-state index contributed by atoms with van der Waals surface area (Å²) in [5.74, 6) is 0.541. The molecule has 17 heavy (non-hydrogen) atoms. The van der Waals surface area contributed by atoms with Gasteiger partial charge in [-0.05, 0) is 30.6 Å². The maximum Gasteiger partial charge on any atom is 0.192 e. The van der Waals surface area contributed by atoms with Crippen LogP contribution in [0.5, 0.6) is 0 Å². The van der Waals surface area contributed by atoms with Gasteiger partial charge in [0.05, 0.1) is 4.83 Å². The van der Waals surface area contributed by atoms with E-state index in [0.29, 0.717) is 5.92 Å². The molecule has 4 heteroatoms. The molecule has 0 aromatic carbocycles. The number of halogens is 1. The SMILES string of the molecule is CC(C)(C)[Si](C)(C)OC[C@@H]1C=CC(=O)C(Br)C1. The minimum absolute atomic E-state index is 0.0273. The summed E-state index contributed by atoms with van der Waals surface area (Å²) in [6, 6.07) is 0. The van der Waals surface area contributed by atoms with Crippen LogP contribution in [-0.2, 0) is 9.22 Å². The average molecular weight is 319 g/mol. The van der Waals surface area contributed by atoms with Crippen molar-refractivity contribution >= 4 is 30.0 Å². The van der Waals surface area contributed by atoms with Gasteiger partial charge in [0.1, 0.15) is 0 Å². The second kappa shape index (κ2) is 5.37. The lowest BCUT2D eigenvalue weighted by atomic mass is 9.96. The normalized spacial score (nSPS) is 26.4. The van der Waals surface area contributed by atoms with Gasteiger partial charge in [0, 0.05) is 12.5 Å². The first-order valence-electron chi connectivity index (χ1n) is 6.13. The van der Waals surface area contributed by atoms with E-state index >= 15 is 0 Å². The first kappa shape index (κ1) is 15.1. The van der Waals surface area contributed by atoms with E-state index in [0.717, 1.165) is 13.0 Å². The van der Waals surface area contributed by atoms with Crippen molar-refractivity contribution in [1.82, 2.24) is 0 Å². The standard InChI is InChI=1S/C13H23BrO2Si/c1-13(2,3)17(4,5)16-9-10-6-7-12(15)11(14)8-10/h6-7,10-11H,8-9H2,1-5H3/t10-,11?/m1/s1. The minimum atomic E-state index is -1.66. The molecular weight excluding hydrogens is 296 g/mol. The van der Waals surface area contributed by atoms with Crippen LogP contribution in [0.3, 0.4) is 0 Å². The molecule has 0 N–H and O–H groups in total. The molecule has 0 saturated carbocycles. The van der Waals surface area contributed by atoms with Gasteiger partial charge in [0.15, 0.2) is 14.1 Å². The van der Waals surface area contributed by atoms with Crippen LogP contribution in [-0.4, -0.2) is 25.5 Å². The topological polar surface area (TPSA) is 26.3 Å². The Kier molecular flexibility index (Phi) is 4.78. The van der Waals surface area contributed by atoms with E-state index in [4.69, 9.17) is 4.43 Å². The molecule has 2 nitrogen and oxygen atoms in total. The molecule has 2 atom stereocenters. The third kappa shape index (κ3) is 4.04.